The zero-order valence-electron chi connectivity index (χ0n) is 9.22. The number of hydrogen-bond acceptors (Lipinski definition) is 2. The van der Waals surface area contributed by atoms with E-state index >= 15 is 0 Å². The largest absolute Gasteiger partial charge is 0.328 e. The van der Waals surface area contributed by atoms with E-state index in [0.717, 1.165) is 29.7 Å². The Morgan fingerprint density at radius 2 is 2.25 bits per heavy atom. The Labute approximate surface area is 100.0 Å². The molecule has 86 valence electrons. The van der Waals surface area contributed by atoms with Crippen molar-refractivity contribution in [1.29, 1.82) is 0 Å². The number of benzene rings is 1. The molecule has 1 aromatic rings. The SMILES string of the molecule is CC(N)Cc1cc(Cl)cc2c1NC(=O)CC2. The number of halogens is 1. The minimum atomic E-state index is 0.0568. The summed E-state index contributed by atoms with van der Waals surface area (Å²) in [5.41, 5.74) is 8.85. The Morgan fingerprint density at radius 3 is 2.94 bits per heavy atom. The lowest BCUT2D eigenvalue weighted by Crippen LogP contribution is -2.23. The number of anilines is 1. The molecule has 1 heterocycles. The third-order valence-corrected chi connectivity index (χ3v) is 2.91. The lowest BCUT2D eigenvalue weighted by atomic mass is 9.96. The molecule has 4 heteroatoms. The normalized spacial score (nSPS) is 16.6. The summed E-state index contributed by atoms with van der Waals surface area (Å²) in [6.45, 7) is 1.94. The molecule has 0 radical (unpaired) electrons. The zero-order chi connectivity index (χ0) is 11.7. The number of aryl methyl sites for hydroxylation is 1. The first-order chi connectivity index (χ1) is 7.56. The van der Waals surface area contributed by atoms with Crippen molar-refractivity contribution in [2.45, 2.75) is 32.2 Å². The molecule has 1 aliphatic heterocycles. The third-order valence-electron chi connectivity index (χ3n) is 2.69. The first-order valence-electron chi connectivity index (χ1n) is 5.43. The molecule has 16 heavy (non-hydrogen) atoms. The summed E-state index contributed by atoms with van der Waals surface area (Å²) in [5.74, 6) is 0.0701. The smallest absolute Gasteiger partial charge is 0.224 e. The molecular weight excluding hydrogens is 224 g/mol. The Morgan fingerprint density at radius 1 is 1.50 bits per heavy atom. The molecule has 1 aromatic carbocycles. The maximum Gasteiger partial charge on any atom is 0.224 e. The third kappa shape index (κ3) is 2.36. The monoisotopic (exact) mass is 238 g/mol. The molecule has 1 atom stereocenters. The number of amides is 1. The van der Waals surface area contributed by atoms with E-state index in [1.807, 2.05) is 19.1 Å². The van der Waals surface area contributed by atoms with Crippen LogP contribution in [-0.2, 0) is 17.6 Å². The van der Waals surface area contributed by atoms with Crippen LogP contribution in [0.4, 0.5) is 5.69 Å². The Kier molecular flexibility index (Phi) is 3.17. The van der Waals surface area contributed by atoms with Crippen molar-refractivity contribution in [3.63, 3.8) is 0 Å². The van der Waals surface area contributed by atoms with Crippen LogP contribution >= 0.6 is 11.6 Å². The average Bonchev–Trinajstić information content (AvgIpc) is 2.18. The molecule has 1 aliphatic rings. The van der Waals surface area contributed by atoms with E-state index in [0.29, 0.717) is 11.4 Å². The molecule has 0 aromatic heterocycles. The minimum Gasteiger partial charge on any atom is -0.328 e. The second-order valence-corrected chi connectivity index (χ2v) is 4.77. The summed E-state index contributed by atoms with van der Waals surface area (Å²) in [5, 5.41) is 3.62. The van der Waals surface area contributed by atoms with Gasteiger partial charge in [0.1, 0.15) is 0 Å². The number of nitrogens with one attached hydrogen (secondary N) is 1. The van der Waals surface area contributed by atoms with Gasteiger partial charge < -0.3 is 11.1 Å². The van der Waals surface area contributed by atoms with Gasteiger partial charge in [0, 0.05) is 23.2 Å². The van der Waals surface area contributed by atoms with Gasteiger partial charge in [-0.3, -0.25) is 4.79 Å². The van der Waals surface area contributed by atoms with Crippen molar-refractivity contribution < 1.29 is 4.79 Å². The molecule has 1 unspecified atom stereocenters. The summed E-state index contributed by atoms with van der Waals surface area (Å²) in [7, 11) is 0. The topological polar surface area (TPSA) is 55.1 Å². The van der Waals surface area contributed by atoms with Gasteiger partial charge in [0.15, 0.2) is 0 Å². The van der Waals surface area contributed by atoms with Crippen molar-refractivity contribution >= 4 is 23.2 Å². The van der Waals surface area contributed by atoms with Crippen LogP contribution in [0.15, 0.2) is 12.1 Å². The van der Waals surface area contributed by atoms with E-state index in [1.165, 1.54) is 0 Å². The highest BCUT2D eigenvalue weighted by molar-refractivity contribution is 6.30. The van der Waals surface area contributed by atoms with Crippen LogP contribution in [0.2, 0.25) is 5.02 Å². The molecule has 0 saturated heterocycles. The number of hydrogen-bond donors (Lipinski definition) is 2. The highest BCUT2D eigenvalue weighted by atomic mass is 35.5. The maximum atomic E-state index is 11.4. The fraction of sp³-hybridized carbons (Fsp3) is 0.417. The van der Waals surface area contributed by atoms with Gasteiger partial charge in [-0.15, -0.1) is 0 Å². The quantitative estimate of drug-likeness (QED) is 0.829. The number of carbonyl (C=O) groups excluding carboxylic acids is 1. The summed E-state index contributed by atoms with van der Waals surface area (Å²) in [6, 6.07) is 3.86. The van der Waals surface area contributed by atoms with Gasteiger partial charge in [-0.25, -0.2) is 0 Å². The van der Waals surface area contributed by atoms with E-state index in [1.54, 1.807) is 0 Å². The first kappa shape index (κ1) is 11.4. The van der Waals surface area contributed by atoms with Crippen LogP contribution in [0.25, 0.3) is 0 Å². The zero-order valence-corrected chi connectivity index (χ0v) is 9.97. The number of rotatable bonds is 2. The van der Waals surface area contributed by atoms with Crippen LogP contribution < -0.4 is 11.1 Å². The summed E-state index contributed by atoms with van der Waals surface area (Å²) in [4.78, 5) is 11.4. The standard InChI is InChI=1S/C12H15ClN2O/c1-7(14)4-9-6-10(13)5-8-2-3-11(16)15-12(8)9/h5-7H,2-4,14H2,1H3,(H,15,16). The predicted octanol–water partition coefficient (Wildman–Crippen LogP) is 2.11. The Bertz CT molecular complexity index is 429. The van der Waals surface area contributed by atoms with E-state index in [2.05, 4.69) is 5.32 Å². The highest BCUT2D eigenvalue weighted by Crippen LogP contribution is 2.30. The van der Waals surface area contributed by atoms with Crippen molar-refractivity contribution in [1.82, 2.24) is 0 Å². The minimum absolute atomic E-state index is 0.0568. The molecular formula is C12H15ClN2O. The van der Waals surface area contributed by atoms with Crippen LogP contribution in [0.5, 0.6) is 0 Å². The lowest BCUT2D eigenvalue weighted by Gasteiger charge is -2.21. The van der Waals surface area contributed by atoms with Gasteiger partial charge in [0.2, 0.25) is 5.91 Å². The molecule has 0 spiro atoms. The Hall–Kier alpha value is -1.06. The molecule has 3 nitrogen and oxygen atoms in total. The fourth-order valence-electron chi connectivity index (χ4n) is 2.04. The van der Waals surface area contributed by atoms with E-state index in [9.17, 15) is 4.79 Å². The van der Waals surface area contributed by atoms with Crippen molar-refractivity contribution in [3.05, 3.63) is 28.3 Å². The average molecular weight is 239 g/mol. The van der Waals surface area contributed by atoms with Crippen molar-refractivity contribution in [3.8, 4) is 0 Å². The van der Waals surface area contributed by atoms with Crippen molar-refractivity contribution in [2.75, 3.05) is 5.32 Å². The molecule has 0 aliphatic carbocycles. The van der Waals surface area contributed by atoms with E-state index < -0.39 is 0 Å². The summed E-state index contributed by atoms with van der Waals surface area (Å²) < 4.78 is 0. The molecule has 0 bridgehead atoms. The second kappa shape index (κ2) is 4.44. The van der Waals surface area contributed by atoms with Gasteiger partial charge >= 0.3 is 0 Å². The van der Waals surface area contributed by atoms with Gasteiger partial charge in [0.25, 0.3) is 0 Å². The summed E-state index contributed by atoms with van der Waals surface area (Å²) in [6.07, 6.45) is 2.02. The highest BCUT2D eigenvalue weighted by Gasteiger charge is 2.19. The summed E-state index contributed by atoms with van der Waals surface area (Å²) >= 11 is 6.05. The Balaban J connectivity index is 2.42. The molecule has 2 rings (SSSR count). The van der Waals surface area contributed by atoms with Gasteiger partial charge in [-0.05, 0) is 43.0 Å². The molecule has 0 saturated carbocycles. The molecule has 3 N–H and O–H groups in total. The van der Waals surface area contributed by atoms with Crippen LogP contribution in [0.3, 0.4) is 0 Å². The second-order valence-electron chi connectivity index (χ2n) is 4.33. The first-order valence-corrected chi connectivity index (χ1v) is 5.81. The van der Waals surface area contributed by atoms with Gasteiger partial charge in [0.05, 0.1) is 0 Å². The molecule has 0 fully saturated rings. The fourth-order valence-corrected chi connectivity index (χ4v) is 2.30. The van der Waals surface area contributed by atoms with Crippen LogP contribution in [0.1, 0.15) is 24.5 Å². The number of fused-ring (bicyclic) bond motifs is 1. The van der Waals surface area contributed by atoms with Crippen LogP contribution in [0, 0.1) is 0 Å². The van der Waals surface area contributed by atoms with E-state index in [-0.39, 0.29) is 11.9 Å². The van der Waals surface area contributed by atoms with Crippen molar-refractivity contribution in [2.24, 2.45) is 5.73 Å². The number of carbonyl (C=O) groups is 1. The molecule has 1 amide bonds. The van der Waals surface area contributed by atoms with Gasteiger partial charge in [-0.2, -0.15) is 0 Å². The lowest BCUT2D eigenvalue weighted by molar-refractivity contribution is -0.116. The maximum absolute atomic E-state index is 11.4. The van der Waals surface area contributed by atoms with Gasteiger partial charge in [-0.1, -0.05) is 11.6 Å². The number of nitrogens with two attached hydrogens (primary N) is 1. The predicted molar refractivity (Wildman–Crippen MR) is 65.8 cm³/mol. The van der Waals surface area contributed by atoms with Crippen LogP contribution in [-0.4, -0.2) is 11.9 Å². The van der Waals surface area contributed by atoms with E-state index in [4.69, 9.17) is 17.3 Å².